The molecule has 7 nitrogen and oxygen atoms in total. The summed E-state index contributed by atoms with van der Waals surface area (Å²) in [4.78, 5) is 26.1. The molecule has 2 N–H and O–H groups in total. The van der Waals surface area contributed by atoms with E-state index in [1.165, 1.54) is 13.2 Å². The molecule has 1 heterocycles. The Labute approximate surface area is 150 Å². The Balaban J connectivity index is 1.98. The van der Waals surface area contributed by atoms with Crippen LogP contribution in [0.25, 0.3) is 0 Å². The fourth-order valence-electron chi connectivity index (χ4n) is 2.25. The molecule has 0 aliphatic rings. The number of amides is 2. The largest absolute Gasteiger partial charge is 0.495 e. The van der Waals surface area contributed by atoms with Gasteiger partial charge in [-0.15, -0.1) is 0 Å². The number of ether oxygens (including phenoxy) is 1. The van der Waals surface area contributed by atoms with E-state index in [9.17, 15) is 9.59 Å². The maximum atomic E-state index is 12.1. The van der Waals surface area contributed by atoms with Crippen LogP contribution >= 0.6 is 11.6 Å². The van der Waals surface area contributed by atoms with Crippen LogP contribution < -0.4 is 15.4 Å². The number of nitrogens with zero attached hydrogens (tertiary/aromatic N) is 1. The lowest BCUT2D eigenvalue weighted by molar-refractivity contribution is -0.136. The van der Waals surface area contributed by atoms with E-state index in [1.807, 2.05) is 25.1 Å². The first kappa shape index (κ1) is 18.8. The van der Waals surface area contributed by atoms with E-state index in [0.29, 0.717) is 22.2 Å². The zero-order valence-electron chi connectivity index (χ0n) is 14.2. The van der Waals surface area contributed by atoms with Gasteiger partial charge in [0, 0.05) is 11.6 Å². The van der Waals surface area contributed by atoms with E-state index in [2.05, 4.69) is 10.6 Å². The van der Waals surface area contributed by atoms with Crippen LogP contribution in [0.15, 0.2) is 41.0 Å². The van der Waals surface area contributed by atoms with Crippen molar-refractivity contribution < 1.29 is 18.7 Å². The highest BCUT2D eigenvalue weighted by Crippen LogP contribution is 2.27. The van der Waals surface area contributed by atoms with Gasteiger partial charge in [-0.05, 0) is 44.4 Å². The lowest BCUT2D eigenvalue weighted by Crippen LogP contribution is -2.40. The van der Waals surface area contributed by atoms with Gasteiger partial charge in [0.25, 0.3) is 0 Å². The number of carbonyl (C=O) groups excluding carboxylic acids is 2. The molecular weight excluding hydrogens is 346 g/mol. The average Bonchev–Trinajstić information content (AvgIpc) is 3.09. The van der Waals surface area contributed by atoms with Gasteiger partial charge in [0.2, 0.25) is 0 Å². The van der Waals surface area contributed by atoms with Crippen LogP contribution in [-0.4, -0.2) is 44.5 Å². The molecule has 134 valence electrons. The Kier molecular flexibility index (Phi) is 6.44. The van der Waals surface area contributed by atoms with Crippen molar-refractivity contribution in [2.24, 2.45) is 0 Å². The molecule has 2 amide bonds. The minimum atomic E-state index is -0.808. The summed E-state index contributed by atoms with van der Waals surface area (Å²) < 4.78 is 10.5. The van der Waals surface area contributed by atoms with Crippen molar-refractivity contribution in [3.8, 4) is 5.75 Å². The van der Waals surface area contributed by atoms with Gasteiger partial charge in [-0.3, -0.25) is 14.5 Å². The number of hydrogen-bond donors (Lipinski definition) is 2. The van der Waals surface area contributed by atoms with Crippen LogP contribution in [0.4, 0.5) is 5.69 Å². The lowest BCUT2D eigenvalue weighted by atomic mass is 10.2. The molecule has 1 aromatic carbocycles. The third kappa shape index (κ3) is 4.98. The van der Waals surface area contributed by atoms with Crippen molar-refractivity contribution in [3.05, 3.63) is 47.4 Å². The van der Waals surface area contributed by atoms with Crippen molar-refractivity contribution in [2.75, 3.05) is 33.1 Å². The highest BCUT2D eigenvalue weighted by Gasteiger charge is 2.21. The third-order valence-electron chi connectivity index (χ3n) is 3.57. The summed E-state index contributed by atoms with van der Waals surface area (Å²) in [7, 11) is 5.18. The molecule has 0 saturated carbocycles. The van der Waals surface area contributed by atoms with Crippen molar-refractivity contribution in [1.29, 1.82) is 0 Å². The molecule has 25 heavy (non-hydrogen) atoms. The lowest BCUT2D eigenvalue weighted by Gasteiger charge is -2.22. The summed E-state index contributed by atoms with van der Waals surface area (Å²) in [5, 5.41) is 5.51. The first-order chi connectivity index (χ1) is 11.9. The Morgan fingerprint density at radius 1 is 1.28 bits per heavy atom. The van der Waals surface area contributed by atoms with Crippen LogP contribution in [0.2, 0.25) is 5.02 Å². The quantitative estimate of drug-likeness (QED) is 0.767. The van der Waals surface area contributed by atoms with Gasteiger partial charge in [-0.2, -0.15) is 0 Å². The molecule has 0 aliphatic carbocycles. The van der Waals surface area contributed by atoms with Gasteiger partial charge in [-0.1, -0.05) is 11.6 Å². The fourth-order valence-corrected chi connectivity index (χ4v) is 2.42. The summed E-state index contributed by atoms with van der Waals surface area (Å²) in [5.74, 6) is -0.465. The monoisotopic (exact) mass is 365 g/mol. The van der Waals surface area contributed by atoms with Crippen LogP contribution in [0.5, 0.6) is 5.75 Å². The number of carbonyl (C=O) groups is 2. The van der Waals surface area contributed by atoms with Gasteiger partial charge >= 0.3 is 11.8 Å². The number of nitrogens with one attached hydrogen (secondary N) is 2. The summed E-state index contributed by atoms with van der Waals surface area (Å²) >= 11 is 5.91. The van der Waals surface area contributed by atoms with Crippen LogP contribution in [0.1, 0.15) is 11.8 Å². The molecule has 1 atom stereocenters. The topological polar surface area (TPSA) is 83.8 Å². The second-order valence-corrected chi connectivity index (χ2v) is 5.94. The standard InChI is InChI=1S/C17H20ClN3O4/c1-21(2)13(15-5-4-8-25-15)10-19-16(22)17(23)20-12-9-11(18)6-7-14(12)24-3/h4-9,13H,10H2,1-3H3,(H,19,22)(H,20,23)/t13-/m1/s1. The van der Waals surface area contributed by atoms with Gasteiger partial charge in [-0.25, -0.2) is 0 Å². The number of anilines is 1. The first-order valence-corrected chi connectivity index (χ1v) is 7.92. The number of likely N-dealkylation sites (N-methyl/N-ethyl adjacent to an activating group) is 1. The van der Waals surface area contributed by atoms with Crippen molar-refractivity contribution >= 4 is 29.1 Å². The van der Waals surface area contributed by atoms with Crippen molar-refractivity contribution in [3.63, 3.8) is 0 Å². The predicted molar refractivity (Wildman–Crippen MR) is 94.8 cm³/mol. The van der Waals surface area contributed by atoms with Crippen LogP contribution in [-0.2, 0) is 9.59 Å². The molecule has 0 unspecified atom stereocenters. The normalized spacial score (nSPS) is 11.9. The summed E-state index contributed by atoms with van der Waals surface area (Å²) in [6.45, 7) is 0.222. The number of rotatable bonds is 6. The fraction of sp³-hybridized carbons (Fsp3) is 0.294. The van der Waals surface area contributed by atoms with E-state index in [1.54, 1.807) is 24.5 Å². The van der Waals surface area contributed by atoms with E-state index < -0.39 is 11.8 Å². The average molecular weight is 366 g/mol. The molecular formula is C17H20ClN3O4. The molecule has 0 saturated heterocycles. The molecule has 8 heteroatoms. The number of benzene rings is 1. The maximum Gasteiger partial charge on any atom is 0.313 e. The number of methoxy groups -OCH3 is 1. The maximum absolute atomic E-state index is 12.1. The summed E-state index contributed by atoms with van der Waals surface area (Å²) in [5.41, 5.74) is 0.324. The number of hydrogen-bond acceptors (Lipinski definition) is 5. The second-order valence-electron chi connectivity index (χ2n) is 5.50. The SMILES string of the molecule is COc1ccc(Cl)cc1NC(=O)C(=O)NC[C@H](c1ccco1)N(C)C. The van der Waals surface area contributed by atoms with E-state index in [4.69, 9.17) is 20.8 Å². The Bertz CT molecular complexity index is 731. The van der Waals surface area contributed by atoms with E-state index >= 15 is 0 Å². The molecule has 1 aromatic heterocycles. The molecule has 2 rings (SSSR count). The summed E-state index contributed by atoms with van der Waals surface area (Å²) in [6.07, 6.45) is 1.56. The minimum absolute atomic E-state index is 0.188. The number of halogens is 1. The van der Waals surface area contributed by atoms with Gasteiger partial charge in [0.05, 0.1) is 25.1 Å². The molecule has 2 aromatic rings. The Hall–Kier alpha value is -2.51. The Morgan fingerprint density at radius 2 is 2.04 bits per heavy atom. The van der Waals surface area contributed by atoms with Crippen molar-refractivity contribution in [2.45, 2.75) is 6.04 Å². The predicted octanol–water partition coefficient (Wildman–Crippen LogP) is 2.30. The first-order valence-electron chi connectivity index (χ1n) is 7.55. The van der Waals surface area contributed by atoms with Crippen molar-refractivity contribution in [1.82, 2.24) is 10.2 Å². The second kappa shape index (κ2) is 8.55. The molecule has 0 fully saturated rings. The van der Waals surface area contributed by atoms with Gasteiger partial charge in [0.1, 0.15) is 11.5 Å². The third-order valence-corrected chi connectivity index (χ3v) is 3.80. The van der Waals surface area contributed by atoms with Gasteiger partial charge in [0.15, 0.2) is 0 Å². The molecule has 0 aliphatic heterocycles. The highest BCUT2D eigenvalue weighted by molar-refractivity contribution is 6.40. The minimum Gasteiger partial charge on any atom is -0.495 e. The van der Waals surface area contributed by atoms with E-state index in [-0.39, 0.29) is 12.6 Å². The number of furan rings is 1. The van der Waals surface area contributed by atoms with Crippen LogP contribution in [0, 0.1) is 0 Å². The molecule has 0 radical (unpaired) electrons. The zero-order valence-corrected chi connectivity index (χ0v) is 15.0. The van der Waals surface area contributed by atoms with Crippen LogP contribution in [0.3, 0.4) is 0 Å². The highest BCUT2D eigenvalue weighted by atomic mass is 35.5. The van der Waals surface area contributed by atoms with Gasteiger partial charge < -0.3 is 19.8 Å². The zero-order chi connectivity index (χ0) is 18.4. The molecule has 0 spiro atoms. The van der Waals surface area contributed by atoms with E-state index in [0.717, 1.165) is 0 Å². The molecule has 0 bridgehead atoms. The summed E-state index contributed by atoms with van der Waals surface area (Å²) in [6, 6.07) is 8.14. The Morgan fingerprint density at radius 3 is 2.64 bits per heavy atom. The smallest absolute Gasteiger partial charge is 0.313 e.